The van der Waals surface area contributed by atoms with Crippen molar-refractivity contribution in [3.63, 3.8) is 0 Å². The zero-order valence-electron chi connectivity index (χ0n) is 10.8. The van der Waals surface area contributed by atoms with E-state index in [2.05, 4.69) is 10.4 Å². The smallest absolute Gasteiger partial charge is 0.253 e. The maximum absolute atomic E-state index is 11.6. The van der Waals surface area contributed by atoms with E-state index in [0.29, 0.717) is 13.2 Å². The molecule has 1 amide bonds. The molecule has 0 aromatic carbocycles. The summed E-state index contributed by atoms with van der Waals surface area (Å²) in [6.07, 6.45) is 2.53. The summed E-state index contributed by atoms with van der Waals surface area (Å²) in [5.74, 6) is 4.90. The lowest BCUT2D eigenvalue weighted by molar-refractivity contribution is -0.127. The third-order valence-electron chi connectivity index (χ3n) is 2.75. The number of nitrogens with zero attached hydrogens (tertiary/aromatic N) is 2. The maximum atomic E-state index is 11.6. The summed E-state index contributed by atoms with van der Waals surface area (Å²) in [4.78, 5) is 17.7. The molecule has 0 fully saturated rings. The normalized spacial score (nSPS) is 12.4. The molecule has 1 unspecified atom stereocenters. The van der Waals surface area contributed by atoms with Crippen LogP contribution >= 0.6 is 0 Å². The Bertz CT molecular complexity index is 358. The molecule has 0 aliphatic heterocycles. The standard InChI is InChI=1S/C12H20N4O2/c1-16(11(9-18-2)12(17)15-13)8-6-10-5-3-4-7-14-10/h3-5,7,11H,6,8-9,13H2,1-2H3,(H,15,17). The molecule has 0 saturated carbocycles. The van der Waals surface area contributed by atoms with Gasteiger partial charge in [0.05, 0.1) is 6.61 Å². The van der Waals surface area contributed by atoms with Gasteiger partial charge in [0.25, 0.3) is 5.91 Å². The highest BCUT2D eigenvalue weighted by Crippen LogP contribution is 2.01. The van der Waals surface area contributed by atoms with Gasteiger partial charge in [-0.25, -0.2) is 5.84 Å². The predicted molar refractivity (Wildman–Crippen MR) is 68.6 cm³/mol. The molecule has 1 rings (SSSR count). The van der Waals surface area contributed by atoms with E-state index in [1.807, 2.05) is 30.1 Å². The number of methoxy groups -OCH3 is 1. The van der Waals surface area contributed by atoms with Crippen molar-refractivity contribution in [3.05, 3.63) is 30.1 Å². The number of carbonyl (C=O) groups excluding carboxylic acids is 1. The Morgan fingerprint density at radius 3 is 2.94 bits per heavy atom. The lowest BCUT2D eigenvalue weighted by atomic mass is 10.2. The number of rotatable bonds is 7. The summed E-state index contributed by atoms with van der Waals surface area (Å²) >= 11 is 0. The van der Waals surface area contributed by atoms with E-state index in [0.717, 1.165) is 12.1 Å². The Kier molecular flexibility index (Phi) is 6.27. The van der Waals surface area contributed by atoms with Crippen molar-refractivity contribution in [2.75, 3.05) is 27.3 Å². The van der Waals surface area contributed by atoms with Gasteiger partial charge >= 0.3 is 0 Å². The molecule has 1 heterocycles. The van der Waals surface area contributed by atoms with Crippen LogP contribution in [0.4, 0.5) is 0 Å². The summed E-state index contributed by atoms with van der Waals surface area (Å²) in [5, 5.41) is 0. The first kappa shape index (κ1) is 14.6. The predicted octanol–water partition coefficient (Wildman–Crippen LogP) is -0.439. The van der Waals surface area contributed by atoms with Crippen molar-refractivity contribution in [2.24, 2.45) is 5.84 Å². The van der Waals surface area contributed by atoms with Gasteiger partial charge in [0.15, 0.2) is 0 Å². The number of likely N-dealkylation sites (N-methyl/N-ethyl adjacent to an activating group) is 1. The molecule has 0 aliphatic rings. The summed E-state index contributed by atoms with van der Waals surface area (Å²) in [6.45, 7) is 1.01. The molecule has 6 nitrogen and oxygen atoms in total. The highest BCUT2D eigenvalue weighted by atomic mass is 16.5. The summed E-state index contributed by atoms with van der Waals surface area (Å²) in [5.41, 5.74) is 3.15. The Morgan fingerprint density at radius 1 is 1.61 bits per heavy atom. The van der Waals surface area contributed by atoms with Gasteiger partial charge in [0.2, 0.25) is 0 Å². The van der Waals surface area contributed by atoms with Gasteiger partial charge in [-0.15, -0.1) is 0 Å². The minimum atomic E-state index is -0.385. The molecule has 0 aliphatic carbocycles. The van der Waals surface area contributed by atoms with Crippen LogP contribution in [0.15, 0.2) is 24.4 Å². The molecule has 100 valence electrons. The second-order valence-corrected chi connectivity index (χ2v) is 4.03. The molecule has 1 aromatic heterocycles. The average molecular weight is 252 g/mol. The van der Waals surface area contributed by atoms with E-state index >= 15 is 0 Å². The zero-order valence-corrected chi connectivity index (χ0v) is 10.8. The fraction of sp³-hybridized carbons (Fsp3) is 0.500. The van der Waals surface area contributed by atoms with Crippen LogP contribution in [-0.2, 0) is 16.0 Å². The lowest BCUT2D eigenvalue weighted by Crippen LogP contribution is -2.50. The van der Waals surface area contributed by atoms with Crippen LogP contribution in [-0.4, -0.2) is 49.1 Å². The molecule has 18 heavy (non-hydrogen) atoms. The van der Waals surface area contributed by atoms with Crippen LogP contribution in [0.2, 0.25) is 0 Å². The Balaban J connectivity index is 2.51. The first-order valence-electron chi connectivity index (χ1n) is 5.78. The molecule has 3 N–H and O–H groups in total. The van der Waals surface area contributed by atoms with Crippen molar-refractivity contribution in [1.82, 2.24) is 15.3 Å². The molecular weight excluding hydrogens is 232 g/mol. The van der Waals surface area contributed by atoms with Crippen LogP contribution in [0.1, 0.15) is 5.69 Å². The van der Waals surface area contributed by atoms with Crippen molar-refractivity contribution < 1.29 is 9.53 Å². The molecule has 1 aromatic rings. The number of nitrogens with one attached hydrogen (secondary N) is 1. The molecule has 0 bridgehead atoms. The monoisotopic (exact) mass is 252 g/mol. The van der Waals surface area contributed by atoms with Gasteiger partial charge < -0.3 is 4.74 Å². The second-order valence-electron chi connectivity index (χ2n) is 4.03. The number of hydrazine groups is 1. The number of carbonyl (C=O) groups is 1. The molecule has 1 atom stereocenters. The summed E-state index contributed by atoms with van der Waals surface area (Å²) in [7, 11) is 3.42. The Morgan fingerprint density at radius 2 is 2.39 bits per heavy atom. The minimum Gasteiger partial charge on any atom is -0.383 e. The van der Waals surface area contributed by atoms with E-state index in [4.69, 9.17) is 10.6 Å². The number of nitrogens with two attached hydrogens (primary N) is 1. The largest absolute Gasteiger partial charge is 0.383 e. The van der Waals surface area contributed by atoms with Gasteiger partial charge in [0.1, 0.15) is 6.04 Å². The number of amides is 1. The van der Waals surface area contributed by atoms with E-state index in [1.54, 1.807) is 13.3 Å². The fourth-order valence-electron chi connectivity index (χ4n) is 1.65. The van der Waals surface area contributed by atoms with Crippen molar-refractivity contribution >= 4 is 5.91 Å². The van der Waals surface area contributed by atoms with E-state index in [-0.39, 0.29) is 11.9 Å². The van der Waals surface area contributed by atoms with Crippen LogP contribution in [0.25, 0.3) is 0 Å². The van der Waals surface area contributed by atoms with Gasteiger partial charge in [0, 0.05) is 32.0 Å². The fourth-order valence-corrected chi connectivity index (χ4v) is 1.65. The highest BCUT2D eigenvalue weighted by Gasteiger charge is 2.22. The van der Waals surface area contributed by atoms with Crippen LogP contribution < -0.4 is 11.3 Å². The number of aromatic nitrogens is 1. The average Bonchev–Trinajstić information content (AvgIpc) is 2.42. The Labute approximate surface area is 107 Å². The number of hydrogen-bond donors (Lipinski definition) is 2. The number of hydrogen-bond acceptors (Lipinski definition) is 5. The van der Waals surface area contributed by atoms with Crippen molar-refractivity contribution in [1.29, 1.82) is 0 Å². The third kappa shape index (κ3) is 4.40. The summed E-state index contributed by atoms with van der Waals surface area (Å²) < 4.78 is 5.03. The van der Waals surface area contributed by atoms with E-state index in [1.165, 1.54) is 0 Å². The van der Waals surface area contributed by atoms with Gasteiger partial charge in [-0.1, -0.05) is 6.07 Å². The molecular formula is C12H20N4O2. The number of pyridine rings is 1. The zero-order chi connectivity index (χ0) is 13.4. The SMILES string of the molecule is COCC(C(=O)NN)N(C)CCc1ccccn1. The van der Waals surface area contributed by atoms with Crippen LogP contribution in [0.3, 0.4) is 0 Å². The first-order valence-corrected chi connectivity index (χ1v) is 5.78. The van der Waals surface area contributed by atoms with Crippen molar-refractivity contribution in [2.45, 2.75) is 12.5 Å². The highest BCUT2D eigenvalue weighted by molar-refractivity contribution is 5.81. The second kappa shape index (κ2) is 7.75. The number of ether oxygens (including phenoxy) is 1. The molecule has 0 radical (unpaired) electrons. The topological polar surface area (TPSA) is 80.5 Å². The van der Waals surface area contributed by atoms with Gasteiger partial charge in [-0.3, -0.25) is 20.1 Å². The molecule has 0 saturated heterocycles. The first-order chi connectivity index (χ1) is 8.69. The molecule has 6 heteroatoms. The maximum Gasteiger partial charge on any atom is 0.253 e. The minimum absolute atomic E-state index is 0.250. The van der Waals surface area contributed by atoms with E-state index < -0.39 is 0 Å². The van der Waals surface area contributed by atoms with Crippen molar-refractivity contribution in [3.8, 4) is 0 Å². The van der Waals surface area contributed by atoms with Gasteiger partial charge in [-0.2, -0.15) is 0 Å². The Hall–Kier alpha value is -1.50. The molecule has 0 spiro atoms. The summed E-state index contributed by atoms with van der Waals surface area (Å²) in [6, 6.07) is 5.40. The van der Waals surface area contributed by atoms with Crippen LogP contribution in [0, 0.1) is 0 Å². The van der Waals surface area contributed by atoms with Crippen LogP contribution in [0.5, 0.6) is 0 Å². The lowest BCUT2D eigenvalue weighted by Gasteiger charge is -2.25. The third-order valence-corrected chi connectivity index (χ3v) is 2.75. The van der Waals surface area contributed by atoms with E-state index in [9.17, 15) is 4.79 Å². The van der Waals surface area contributed by atoms with Gasteiger partial charge in [-0.05, 0) is 19.2 Å². The quantitative estimate of drug-likeness (QED) is 0.391.